The van der Waals surface area contributed by atoms with Gasteiger partial charge in [0.05, 0.1) is 5.58 Å². The summed E-state index contributed by atoms with van der Waals surface area (Å²) in [6, 6.07) is 38.8. The summed E-state index contributed by atoms with van der Waals surface area (Å²) in [5, 5.41) is 1.32. The van der Waals surface area contributed by atoms with Gasteiger partial charge in [0.25, 0.3) is 0 Å². The number of benzene rings is 4. The first-order chi connectivity index (χ1) is 31.5. The van der Waals surface area contributed by atoms with Crippen molar-refractivity contribution >= 4 is 22.1 Å². The molecule has 0 saturated carbocycles. The van der Waals surface area contributed by atoms with Crippen LogP contribution >= 0.6 is 0 Å². The van der Waals surface area contributed by atoms with Crippen molar-refractivity contribution in [3.8, 4) is 33.6 Å². The molecule has 0 fully saturated rings. The number of fused-ring (bicyclic) bond motifs is 3. The first kappa shape index (κ1) is 28.2. The van der Waals surface area contributed by atoms with Crippen LogP contribution in [0.5, 0.6) is 0 Å². The minimum Gasteiger partial charge on any atom is -0.486 e. The molecule has 0 bridgehead atoms. The third-order valence-corrected chi connectivity index (χ3v) is 9.01. The van der Waals surface area contributed by atoms with Gasteiger partial charge in [-0.2, -0.15) is 0 Å². The van der Waals surface area contributed by atoms with E-state index in [0.717, 1.165) is 11.1 Å². The van der Waals surface area contributed by atoms with Gasteiger partial charge in [-0.25, -0.2) is 4.98 Å². The molecule has 4 aromatic carbocycles. The van der Waals surface area contributed by atoms with Crippen molar-refractivity contribution in [3.05, 3.63) is 173 Å². The molecule has 0 aliphatic heterocycles. The first-order valence-electron chi connectivity index (χ1n) is 24.4. The summed E-state index contributed by atoms with van der Waals surface area (Å²) < 4.78 is 104. The zero-order valence-corrected chi connectivity index (χ0v) is 35.1. The maximum atomic E-state index is 8.84. The van der Waals surface area contributed by atoms with E-state index in [-0.39, 0.29) is 53.6 Å². The fourth-order valence-electron chi connectivity index (χ4n) is 6.21. The summed E-state index contributed by atoms with van der Waals surface area (Å²) >= 11 is 0. The largest absolute Gasteiger partial charge is 0.486 e. The fraction of sp³-hybridized carbons (Fsp3) is 0.250. The standard InChI is InChI=1S/C29H27N2O.C23H24N.Ir/c1-19-8-15-24-23-6-5-7-25(27(23)32-28(24)31-19)26-18-21(16-17-30-26)10-9-20-11-13-22(14-12-20)29(2,3)4;1-17-10-12-20(14-21(17)19-8-6-5-7-9-19)22-13-11-18(16-24-22)15-23(2,3)4;/h5-6,8,11-18H,9-10H2,1-4H3;5-11,13-14,16H,15H2,1-4H3;/q2*-1;/i1D3,9D2,10D2;1D3,15D2;. The molecule has 8 aromatic rings. The fourth-order valence-corrected chi connectivity index (χ4v) is 6.21. The summed E-state index contributed by atoms with van der Waals surface area (Å²) in [6.07, 6.45) is -3.28. The topological polar surface area (TPSA) is 51.8 Å². The van der Waals surface area contributed by atoms with Crippen LogP contribution < -0.4 is 0 Å². The number of hydrogen-bond acceptors (Lipinski definition) is 4. The zero-order valence-electron chi connectivity index (χ0n) is 44.7. The van der Waals surface area contributed by atoms with Crippen molar-refractivity contribution in [3.63, 3.8) is 0 Å². The van der Waals surface area contributed by atoms with E-state index in [4.69, 9.17) is 20.9 Å². The van der Waals surface area contributed by atoms with Crippen molar-refractivity contribution in [2.75, 3.05) is 0 Å². The van der Waals surface area contributed by atoms with Gasteiger partial charge in [0.1, 0.15) is 0 Å². The van der Waals surface area contributed by atoms with E-state index in [1.165, 1.54) is 30.5 Å². The van der Waals surface area contributed by atoms with Crippen molar-refractivity contribution in [1.82, 2.24) is 15.0 Å². The number of hydrogen-bond donors (Lipinski definition) is 0. The zero-order chi connectivity index (χ0) is 49.8. The molecular formula is C52H51IrN3O-2. The van der Waals surface area contributed by atoms with Crippen LogP contribution in [0.15, 0.2) is 132 Å². The van der Waals surface area contributed by atoms with Gasteiger partial charge in [0.15, 0.2) is 0 Å². The molecule has 5 heteroatoms. The van der Waals surface area contributed by atoms with Gasteiger partial charge in [0, 0.05) is 60.0 Å². The summed E-state index contributed by atoms with van der Waals surface area (Å²) in [6.45, 7) is 7.14. The molecule has 0 amide bonds. The van der Waals surface area contributed by atoms with E-state index in [9.17, 15) is 0 Å². The second-order valence-electron chi connectivity index (χ2n) is 15.6. The second kappa shape index (κ2) is 17.5. The molecule has 0 aliphatic rings. The molecule has 4 heterocycles. The first-order valence-corrected chi connectivity index (χ1v) is 18.4. The van der Waals surface area contributed by atoms with Crippen LogP contribution in [0, 0.1) is 31.3 Å². The number of furan rings is 1. The maximum absolute atomic E-state index is 8.84. The van der Waals surface area contributed by atoms with E-state index in [1.54, 1.807) is 54.7 Å². The Morgan fingerprint density at radius 3 is 2.19 bits per heavy atom. The molecule has 0 saturated heterocycles. The average Bonchev–Trinajstić information content (AvgIpc) is 3.66. The Hall–Kier alpha value is -5.22. The van der Waals surface area contributed by atoms with Gasteiger partial charge in [-0.05, 0) is 88.6 Å². The third kappa shape index (κ3) is 10.2. The summed E-state index contributed by atoms with van der Waals surface area (Å²) in [5.41, 5.74) is 5.44. The van der Waals surface area contributed by atoms with Gasteiger partial charge in [-0.1, -0.05) is 143 Å². The van der Waals surface area contributed by atoms with Crippen LogP contribution in [0.3, 0.4) is 0 Å². The van der Waals surface area contributed by atoms with Crippen molar-refractivity contribution < 1.29 is 41.0 Å². The van der Waals surface area contributed by atoms with Crippen LogP contribution in [0.25, 0.3) is 55.7 Å². The molecule has 4 aromatic heterocycles. The Bertz CT molecular complexity index is 3080. The van der Waals surface area contributed by atoms with Crippen LogP contribution in [0.4, 0.5) is 0 Å². The SMILES string of the molecule is [2H]C([2H])([2H])c1c[c-]c(-c2ccc(C([2H])([2H])C(C)(C)C)cn2)cc1-c1ccccc1.[2H]C([2H])([2H])c1ccc2c(n1)oc1c(-c3cc(C([2H])([2H])C([2H])([2H])c4ccc(C(C)(C)C)cc4)ccn3)[c-]ccc12.[Ir]. The molecule has 0 atom stereocenters. The molecule has 4 nitrogen and oxygen atoms in total. The number of rotatable bonds is 7. The molecule has 0 aliphatic carbocycles. The summed E-state index contributed by atoms with van der Waals surface area (Å²) in [4.78, 5) is 13.0. The Morgan fingerprint density at radius 1 is 0.719 bits per heavy atom. The number of pyridine rings is 3. The van der Waals surface area contributed by atoms with Gasteiger partial charge in [-0.3, -0.25) is 0 Å². The summed E-state index contributed by atoms with van der Waals surface area (Å²) in [7, 11) is 0. The summed E-state index contributed by atoms with van der Waals surface area (Å²) in [5.74, 6) is 0. The molecular weight excluding hydrogens is 875 g/mol. The van der Waals surface area contributed by atoms with Crippen LogP contribution in [0.2, 0.25) is 0 Å². The van der Waals surface area contributed by atoms with Gasteiger partial charge < -0.3 is 14.4 Å². The third-order valence-electron chi connectivity index (χ3n) is 9.01. The number of nitrogens with zero attached hydrogens (tertiary/aromatic N) is 3. The second-order valence-corrected chi connectivity index (χ2v) is 15.6. The average molecular weight is 938 g/mol. The molecule has 0 N–H and O–H groups in total. The molecule has 291 valence electrons. The normalized spacial score (nSPS) is 15.9. The Kier molecular flexibility index (Phi) is 8.67. The molecule has 1 radical (unpaired) electrons. The minimum atomic E-state index is -2.40. The predicted octanol–water partition coefficient (Wildman–Crippen LogP) is 13.3. The van der Waals surface area contributed by atoms with E-state index in [0.29, 0.717) is 50.0 Å². The van der Waals surface area contributed by atoms with Crippen molar-refractivity contribution in [2.24, 2.45) is 5.41 Å². The van der Waals surface area contributed by atoms with E-state index in [2.05, 4.69) is 47.9 Å². The monoisotopic (exact) mass is 938 g/mol. The van der Waals surface area contributed by atoms with Crippen molar-refractivity contribution in [2.45, 2.75) is 79.8 Å². The maximum Gasteiger partial charge on any atom is 0.216 e. The van der Waals surface area contributed by atoms with Gasteiger partial charge in [-0.15, -0.1) is 47.5 Å². The smallest absolute Gasteiger partial charge is 0.216 e. The van der Waals surface area contributed by atoms with E-state index < -0.39 is 38.2 Å². The molecule has 57 heavy (non-hydrogen) atoms. The Balaban J connectivity index is 0.000000233. The Morgan fingerprint density at radius 2 is 1.49 bits per heavy atom. The number of aromatic nitrogens is 3. The van der Waals surface area contributed by atoms with Crippen LogP contribution in [-0.4, -0.2) is 15.0 Å². The number of aryl methyl sites for hydroxylation is 4. The van der Waals surface area contributed by atoms with E-state index in [1.807, 2.05) is 63.2 Å². The minimum absolute atomic E-state index is 0. The predicted molar refractivity (Wildman–Crippen MR) is 233 cm³/mol. The molecule has 0 unspecified atom stereocenters. The van der Waals surface area contributed by atoms with Gasteiger partial charge in [0.2, 0.25) is 5.71 Å². The quantitative estimate of drug-likeness (QED) is 0.149. The molecule has 0 spiro atoms. The van der Waals surface area contributed by atoms with Crippen molar-refractivity contribution in [1.29, 1.82) is 0 Å². The Labute approximate surface area is 369 Å². The van der Waals surface area contributed by atoms with Crippen LogP contribution in [0.1, 0.15) is 91.5 Å². The molecule has 8 rings (SSSR count). The van der Waals surface area contributed by atoms with E-state index >= 15 is 0 Å². The van der Waals surface area contributed by atoms with Crippen LogP contribution in [-0.2, 0) is 44.6 Å². The van der Waals surface area contributed by atoms with Gasteiger partial charge >= 0.3 is 0 Å².